The predicted molar refractivity (Wildman–Crippen MR) is 94.5 cm³/mol. The summed E-state index contributed by atoms with van der Waals surface area (Å²) in [6.45, 7) is 1.13. The van der Waals surface area contributed by atoms with Crippen LogP contribution < -0.4 is 4.74 Å². The van der Waals surface area contributed by atoms with Crippen LogP contribution in [0.5, 0.6) is 5.88 Å². The van der Waals surface area contributed by atoms with Crippen molar-refractivity contribution in [1.29, 1.82) is 0 Å². The SMILES string of the molecule is Cc1csc(Cc2c(O[C@@H]3O[C@H](CO)[C@@H](O)[C@H](O)[C@H]3O)nn(C)c2C(F)(F)F)c1. The van der Waals surface area contributed by atoms with Crippen LogP contribution in [0.4, 0.5) is 13.2 Å². The van der Waals surface area contributed by atoms with Gasteiger partial charge in [-0.1, -0.05) is 0 Å². The van der Waals surface area contributed by atoms with Gasteiger partial charge in [-0.15, -0.1) is 16.4 Å². The van der Waals surface area contributed by atoms with Crippen LogP contribution in [0.2, 0.25) is 0 Å². The molecule has 3 rings (SSSR count). The normalized spacial score (nSPS) is 28.0. The van der Waals surface area contributed by atoms with Crippen LogP contribution in [-0.2, 0) is 24.4 Å². The van der Waals surface area contributed by atoms with Crippen LogP contribution in [0.1, 0.15) is 21.7 Å². The molecule has 29 heavy (non-hydrogen) atoms. The number of aryl methyl sites for hydroxylation is 2. The maximum absolute atomic E-state index is 13.6. The molecule has 1 saturated heterocycles. The Bertz CT molecular complexity index is 853. The largest absolute Gasteiger partial charge is 0.443 e. The fourth-order valence-corrected chi connectivity index (χ4v) is 4.07. The van der Waals surface area contributed by atoms with Gasteiger partial charge in [0.1, 0.15) is 30.1 Å². The molecule has 2 aromatic rings. The molecule has 0 spiro atoms. The number of nitrogens with zero attached hydrogens (tertiary/aromatic N) is 2. The fraction of sp³-hybridized carbons (Fsp3) is 0.588. The number of thiophene rings is 1. The van der Waals surface area contributed by atoms with Gasteiger partial charge in [-0.2, -0.15) is 13.2 Å². The Kier molecular flexibility index (Phi) is 6.22. The van der Waals surface area contributed by atoms with Gasteiger partial charge in [0, 0.05) is 18.3 Å². The number of hydrogen-bond acceptors (Lipinski definition) is 8. The Labute approximate surface area is 167 Å². The van der Waals surface area contributed by atoms with Crippen molar-refractivity contribution in [2.45, 2.75) is 50.2 Å². The molecule has 0 amide bonds. The molecule has 1 aliphatic rings. The Hall–Kier alpha value is -1.70. The molecule has 0 unspecified atom stereocenters. The van der Waals surface area contributed by atoms with E-state index in [0.717, 1.165) is 12.6 Å². The lowest BCUT2D eigenvalue weighted by atomic mass is 9.99. The van der Waals surface area contributed by atoms with Crippen molar-refractivity contribution >= 4 is 11.3 Å². The number of halogens is 3. The van der Waals surface area contributed by atoms with Crippen molar-refractivity contribution in [1.82, 2.24) is 9.78 Å². The van der Waals surface area contributed by atoms with Gasteiger partial charge in [0.2, 0.25) is 12.2 Å². The molecule has 0 radical (unpaired) electrons. The van der Waals surface area contributed by atoms with E-state index < -0.39 is 55.1 Å². The lowest BCUT2D eigenvalue weighted by molar-refractivity contribution is -0.278. The van der Waals surface area contributed by atoms with Crippen LogP contribution in [0.25, 0.3) is 0 Å². The number of hydrogen-bond donors (Lipinski definition) is 4. The first-order valence-electron chi connectivity index (χ1n) is 8.67. The van der Waals surface area contributed by atoms with Crippen molar-refractivity contribution in [3.8, 4) is 5.88 Å². The lowest BCUT2D eigenvalue weighted by Gasteiger charge is -2.39. The molecule has 1 aliphatic heterocycles. The average molecular weight is 438 g/mol. The summed E-state index contributed by atoms with van der Waals surface area (Å²) in [4.78, 5) is 0.652. The molecule has 3 heterocycles. The molecule has 162 valence electrons. The molecule has 8 nitrogen and oxygen atoms in total. The molecule has 0 aromatic carbocycles. The third-order valence-electron chi connectivity index (χ3n) is 4.59. The van der Waals surface area contributed by atoms with Gasteiger partial charge in [0.25, 0.3) is 0 Å². The molecule has 12 heteroatoms. The van der Waals surface area contributed by atoms with Gasteiger partial charge >= 0.3 is 6.18 Å². The summed E-state index contributed by atoms with van der Waals surface area (Å²) in [5, 5.41) is 44.6. The third-order valence-corrected chi connectivity index (χ3v) is 5.64. The van der Waals surface area contributed by atoms with Crippen molar-refractivity contribution in [2.24, 2.45) is 7.05 Å². The number of rotatable bonds is 5. The standard InChI is InChI=1S/C17H21F3N2O6S/c1-7-3-8(29-6-7)4-9-14(17(18,19)20)22(2)21-15(9)28-16-13(26)12(25)11(24)10(5-23)27-16/h3,6,10-13,16,23-26H,4-5H2,1-2H3/t10-,11-,12+,13-,16+/m1/s1. The maximum atomic E-state index is 13.6. The van der Waals surface area contributed by atoms with Gasteiger partial charge in [-0.3, -0.25) is 4.68 Å². The number of aliphatic hydroxyl groups excluding tert-OH is 4. The van der Waals surface area contributed by atoms with Crippen molar-refractivity contribution in [2.75, 3.05) is 6.61 Å². The maximum Gasteiger partial charge on any atom is 0.433 e. The number of aromatic nitrogens is 2. The highest BCUT2D eigenvalue weighted by Crippen LogP contribution is 2.38. The van der Waals surface area contributed by atoms with Crippen molar-refractivity contribution in [3.63, 3.8) is 0 Å². The molecule has 0 saturated carbocycles. The average Bonchev–Trinajstić information content (AvgIpc) is 3.18. The van der Waals surface area contributed by atoms with Gasteiger partial charge in [0.15, 0.2) is 0 Å². The highest BCUT2D eigenvalue weighted by Gasteiger charge is 2.46. The Morgan fingerprint density at radius 3 is 2.48 bits per heavy atom. The Morgan fingerprint density at radius 2 is 1.93 bits per heavy atom. The predicted octanol–water partition coefficient (Wildman–Crippen LogP) is 0.578. The zero-order chi connectivity index (χ0) is 21.5. The zero-order valence-corrected chi connectivity index (χ0v) is 16.3. The molecule has 0 bridgehead atoms. The van der Waals surface area contributed by atoms with Crippen molar-refractivity contribution < 1.29 is 43.1 Å². The first-order chi connectivity index (χ1) is 13.5. The van der Waals surface area contributed by atoms with E-state index in [-0.39, 0.29) is 12.0 Å². The molecule has 0 aliphatic carbocycles. The van der Waals surface area contributed by atoms with Gasteiger partial charge < -0.3 is 29.9 Å². The lowest BCUT2D eigenvalue weighted by Crippen LogP contribution is -2.60. The summed E-state index contributed by atoms with van der Waals surface area (Å²) >= 11 is 1.29. The number of alkyl halides is 3. The second-order valence-electron chi connectivity index (χ2n) is 6.84. The van der Waals surface area contributed by atoms with E-state index in [2.05, 4.69) is 5.10 Å². The minimum Gasteiger partial charge on any atom is -0.443 e. The molecule has 2 aromatic heterocycles. The van der Waals surface area contributed by atoms with Gasteiger partial charge in [0.05, 0.1) is 12.2 Å². The third kappa shape index (κ3) is 4.42. The highest BCUT2D eigenvalue weighted by atomic mass is 32.1. The second-order valence-corrected chi connectivity index (χ2v) is 7.83. The first-order valence-corrected chi connectivity index (χ1v) is 9.55. The van der Waals surface area contributed by atoms with Gasteiger partial charge in [-0.25, -0.2) is 0 Å². The van der Waals surface area contributed by atoms with Crippen LogP contribution in [0.15, 0.2) is 11.4 Å². The van der Waals surface area contributed by atoms with Crippen LogP contribution >= 0.6 is 11.3 Å². The minimum atomic E-state index is -4.71. The Morgan fingerprint density at radius 1 is 1.24 bits per heavy atom. The van der Waals surface area contributed by atoms with E-state index in [1.54, 1.807) is 11.4 Å². The van der Waals surface area contributed by atoms with Crippen molar-refractivity contribution in [3.05, 3.63) is 33.1 Å². The van der Waals surface area contributed by atoms with Crippen LogP contribution in [0.3, 0.4) is 0 Å². The van der Waals surface area contributed by atoms with E-state index in [9.17, 15) is 33.6 Å². The second kappa shape index (κ2) is 8.20. The van der Waals surface area contributed by atoms with E-state index >= 15 is 0 Å². The molecular weight excluding hydrogens is 417 g/mol. The zero-order valence-electron chi connectivity index (χ0n) is 15.5. The number of aliphatic hydroxyl groups is 4. The summed E-state index contributed by atoms with van der Waals surface area (Å²) in [5.41, 5.74) is -0.360. The summed E-state index contributed by atoms with van der Waals surface area (Å²) < 4.78 is 52.1. The van der Waals surface area contributed by atoms with E-state index in [0.29, 0.717) is 9.56 Å². The smallest absolute Gasteiger partial charge is 0.433 e. The summed E-state index contributed by atoms with van der Waals surface area (Å²) in [7, 11) is 1.12. The molecular formula is C17H21F3N2O6S. The van der Waals surface area contributed by atoms with Crippen LogP contribution in [-0.4, -0.2) is 67.5 Å². The minimum absolute atomic E-state index is 0.117. The molecule has 1 fully saturated rings. The summed E-state index contributed by atoms with van der Waals surface area (Å²) in [5.74, 6) is -0.421. The molecule has 5 atom stereocenters. The fourth-order valence-electron chi connectivity index (χ4n) is 3.18. The summed E-state index contributed by atoms with van der Waals surface area (Å²) in [6.07, 6.45) is -12.8. The van der Waals surface area contributed by atoms with E-state index in [1.165, 1.54) is 11.3 Å². The van der Waals surface area contributed by atoms with E-state index in [4.69, 9.17) is 9.47 Å². The topological polar surface area (TPSA) is 117 Å². The van der Waals surface area contributed by atoms with Crippen LogP contribution in [0, 0.1) is 6.92 Å². The van der Waals surface area contributed by atoms with Gasteiger partial charge in [-0.05, 0) is 23.9 Å². The molecule has 4 N–H and O–H groups in total. The number of ether oxygens (including phenoxy) is 2. The Balaban J connectivity index is 1.96. The highest BCUT2D eigenvalue weighted by molar-refractivity contribution is 7.10. The monoisotopic (exact) mass is 438 g/mol. The van der Waals surface area contributed by atoms with E-state index in [1.807, 2.05) is 6.92 Å². The first kappa shape index (κ1) is 22.0. The quantitative estimate of drug-likeness (QED) is 0.540. The summed E-state index contributed by atoms with van der Waals surface area (Å²) in [6, 6.07) is 1.75.